The number of aromatic nitrogens is 3. The summed E-state index contributed by atoms with van der Waals surface area (Å²) < 4.78 is 62.0. The van der Waals surface area contributed by atoms with Crippen LogP contribution in [-0.4, -0.2) is 76.5 Å². The van der Waals surface area contributed by atoms with Gasteiger partial charge >= 0.3 is 18.1 Å². The Hall–Kier alpha value is -5.55. The van der Waals surface area contributed by atoms with Crippen molar-refractivity contribution in [1.82, 2.24) is 24.8 Å². The second kappa shape index (κ2) is 15.4. The molecule has 3 aromatic carbocycles. The van der Waals surface area contributed by atoms with Gasteiger partial charge in [-0.2, -0.15) is 23.0 Å². The number of aryl methyl sites for hydroxylation is 1. The second-order valence-electron chi connectivity index (χ2n) is 10.1. The highest BCUT2D eigenvalue weighted by Crippen LogP contribution is 2.23. The summed E-state index contributed by atoms with van der Waals surface area (Å²) >= 11 is 0. The van der Waals surface area contributed by atoms with Crippen molar-refractivity contribution in [3.05, 3.63) is 96.8 Å². The molecule has 48 heavy (non-hydrogen) atoms. The van der Waals surface area contributed by atoms with E-state index in [1.54, 1.807) is 67.0 Å². The number of nitrogens with one attached hydrogen (secondary N) is 3. The van der Waals surface area contributed by atoms with Crippen LogP contribution in [0.3, 0.4) is 0 Å². The molecule has 1 unspecified atom stereocenters. The molecule has 1 atom stereocenters. The molecule has 17 heteroatoms. The first kappa shape index (κ1) is 35.3. The molecular formula is C31H29F3N6O7S. The molecule has 252 valence electrons. The van der Waals surface area contributed by atoms with Gasteiger partial charge in [0.05, 0.1) is 16.6 Å². The fourth-order valence-electron chi connectivity index (χ4n) is 4.48. The molecule has 0 aliphatic heterocycles. The number of benzene rings is 3. The van der Waals surface area contributed by atoms with Gasteiger partial charge in [-0.1, -0.05) is 42.5 Å². The van der Waals surface area contributed by atoms with Gasteiger partial charge in [0, 0.05) is 42.2 Å². The number of carboxylic acids is 2. The molecule has 5 rings (SSSR count). The number of fused-ring (bicyclic) bond motifs is 2. The number of aliphatic carboxylic acids is 2. The molecule has 0 radical (unpaired) electrons. The van der Waals surface area contributed by atoms with Crippen LogP contribution in [0.5, 0.6) is 0 Å². The number of carboxylic acid groups (broad SMARTS) is 2. The number of hydrogen-bond donors (Lipinski definition) is 5. The molecule has 0 aliphatic carbocycles. The van der Waals surface area contributed by atoms with Gasteiger partial charge in [0.15, 0.2) is 0 Å². The van der Waals surface area contributed by atoms with Crippen LogP contribution < -0.4 is 15.4 Å². The van der Waals surface area contributed by atoms with E-state index >= 15 is 0 Å². The van der Waals surface area contributed by atoms with Crippen LogP contribution >= 0.6 is 0 Å². The highest BCUT2D eigenvalue weighted by atomic mass is 32.2. The Bertz CT molecular complexity index is 2020. The van der Waals surface area contributed by atoms with Crippen LogP contribution in [0.2, 0.25) is 0 Å². The van der Waals surface area contributed by atoms with Crippen LogP contribution in [0.4, 0.5) is 19.0 Å². The number of anilines is 1. The van der Waals surface area contributed by atoms with E-state index in [1.807, 2.05) is 22.9 Å². The maximum Gasteiger partial charge on any atom is 0.490 e. The van der Waals surface area contributed by atoms with Gasteiger partial charge in [0.25, 0.3) is 5.91 Å². The molecule has 2 heterocycles. The molecular weight excluding hydrogens is 657 g/mol. The maximum absolute atomic E-state index is 13.1. The number of sulfonamides is 1. The zero-order valence-corrected chi connectivity index (χ0v) is 25.7. The summed E-state index contributed by atoms with van der Waals surface area (Å²) in [5.41, 5.74) is 1.15. The van der Waals surface area contributed by atoms with E-state index in [0.29, 0.717) is 29.4 Å². The quantitative estimate of drug-likeness (QED) is 0.120. The minimum Gasteiger partial charge on any atom is -0.480 e. The highest BCUT2D eigenvalue weighted by molar-refractivity contribution is 7.89. The Kier molecular flexibility index (Phi) is 11.3. The first-order chi connectivity index (χ1) is 22.8. The van der Waals surface area contributed by atoms with Crippen molar-refractivity contribution in [3.8, 4) is 0 Å². The molecule has 2 aromatic heterocycles. The minimum atomic E-state index is -5.08. The number of rotatable bonds is 12. The van der Waals surface area contributed by atoms with E-state index in [9.17, 15) is 36.3 Å². The molecule has 5 aromatic rings. The lowest BCUT2D eigenvalue weighted by atomic mass is 10.1. The zero-order chi connectivity index (χ0) is 34.9. The van der Waals surface area contributed by atoms with Crippen molar-refractivity contribution in [3.63, 3.8) is 0 Å². The monoisotopic (exact) mass is 686 g/mol. The van der Waals surface area contributed by atoms with Crippen LogP contribution in [0.1, 0.15) is 16.8 Å². The van der Waals surface area contributed by atoms with Gasteiger partial charge in [-0.15, -0.1) is 0 Å². The number of amides is 1. The third-order valence-corrected chi connectivity index (χ3v) is 8.30. The summed E-state index contributed by atoms with van der Waals surface area (Å²) in [6.45, 7) is 0.929. The lowest BCUT2D eigenvalue weighted by molar-refractivity contribution is -0.192. The Labute approximate surface area is 271 Å². The van der Waals surface area contributed by atoms with E-state index in [1.165, 1.54) is 6.07 Å². The van der Waals surface area contributed by atoms with E-state index in [0.717, 1.165) is 23.1 Å². The smallest absolute Gasteiger partial charge is 0.480 e. The molecule has 0 saturated carbocycles. The van der Waals surface area contributed by atoms with E-state index in [-0.39, 0.29) is 4.90 Å². The molecule has 13 nitrogen and oxygen atoms in total. The number of halogens is 3. The first-order valence-corrected chi connectivity index (χ1v) is 15.7. The fraction of sp³-hybridized carbons (Fsp3) is 0.194. The molecule has 0 spiro atoms. The second-order valence-corrected chi connectivity index (χ2v) is 11.8. The third kappa shape index (κ3) is 9.26. The van der Waals surface area contributed by atoms with E-state index in [2.05, 4.69) is 25.4 Å². The van der Waals surface area contributed by atoms with Gasteiger partial charge in [-0.25, -0.2) is 18.2 Å². The molecule has 0 fully saturated rings. The largest absolute Gasteiger partial charge is 0.490 e. The maximum atomic E-state index is 13.1. The summed E-state index contributed by atoms with van der Waals surface area (Å²) in [7, 11) is -4.20. The lowest BCUT2D eigenvalue weighted by Gasteiger charge is -2.16. The summed E-state index contributed by atoms with van der Waals surface area (Å²) in [5, 5.41) is 28.9. The number of hydrogen-bond acceptors (Lipinski definition) is 8. The van der Waals surface area contributed by atoms with Crippen LogP contribution in [-0.2, 0) is 26.2 Å². The van der Waals surface area contributed by atoms with Crippen molar-refractivity contribution < 1.29 is 46.2 Å². The normalized spacial score (nSPS) is 12.1. The average molecular weight is 687 g/mol. The average Bonchev–Trinajstić information content (AvgIpc) is 3.47. The molecule has 0 saturated heterocycles. The number of pyridine rings is 1. The summed E-state index contributed by atoms with van der Waals surface area (Å²) in [6, 6.07) is 20.8. The van der Waals surface area contributed by atoms with Crippen molar-refractivity contribution in [2.75, 3.05) is 18.4 Å². The van der Waals surface area contributed by atoms with Crippen LogP contribution in [0.25, 0.3) is 21.7 Å². The highest BCUT2D eigenvalue weighted by Gasteiger charge is 2.38. The number of carbonyl (C=O) groups excluding carboxylic acids is 1. The standard InChI is InChI=1S/C29H28N6O5S.C2HF3O2/c36-28(21-12-13-25-22(17-21)18-33-35(25)16-6-15-31-27-11-3-4-14-30-27)32-19-24(29(37)38)34-41(39,40)26-10-5-8-20-7-1-2-9-23(20)26;3-2(4,5)1(6)7/h1-5,7-14,17-18,24,34H,6,15-16,19H2,(H,30,31)(H,32,36)(H,37,38);(H,6,7). The Morgan fingerprint density at radius 1 is 0.917 bits per heavy atom. The lowest BCUT2D eigenvalue weighted by Crippen LogP contribution is -2.48. The number of nitrogens with zero attached hydrogens (tertiary/aromatic N) is 3. The predicted molar refractivity (Wildman–Crippen MR) is 169 cm³/mol. The van der Waals surface area contributed by atoms with Gasteiger partial charge in [0.1, 0.15) is 11.9 Å². The summed E-state index contributed by atoms with van der Waals surface area (Å²) in [4.78, 5) is 37.8. The van der Waals surface area contributed by atoms with Crippen molar-refractivity contribution in [1.29, 1.82) is 0 Å². The van der Waals surface area contributed by atoms with Gasteiger partial charge < -0.3 is 20.8 Å². The summed E-state index contributed by atoms with van der Waals surface area (Å²) in [5.74, 6) is -3.90. The third-order valence-electron chi connectivity index (χ3n) is 6.77. The van der Waals surface area contributed by atoms with Gasteiger partial charge in [-0.3, -0.25) is 14.3 Å². The Morgan fingerprint density at radius 3 is 2.31 bits per heavy atom. The Morgan fingerprint density at radius 2 is 1.62 bits per heavy atom. The van der Waals surface area contributed by atoms with Crippen molar-refractivity contribution in [2.24, 2.45) is 0 Å². The van der Waals surface area contributed by atoms with Gasteiger partial charge in [-0.05, 0) is 48.2 Å². The number of carbonyl (C=O) groups is 3. The van der Waals surface area contributed by atoms with Crippen molar-refractivity contribution >= 4 is 55.4 Å². The van der Waals surface area contributed by atoms with Crippen molar-refractivity contribution in [2.45, 2.75) is 30.1 Å². The molecule has 0 bridgehead atoms. The zero-order valence-electron chi connectivity index (χ0n) is 24.9. The fourth-order valence-corrected chi connectivity index (χ4v) is 5.89. The predicted octanol–water partition coefficient (Wildman–Crippen LogP) is 3.88. The van der Waals surface area contributed by atoms with E-state index < -0.39 is 46.6 Å². The topological polar surface area (TPSA) is 193 Å². The molecule has 0 aliphatic rings. The van der Waals surface area contributed by atoms with Gasteiger partial charge in [0.2, 0.25) is 10.0 Å². The Balaban J connectivity index is 0.000000671. The van der Waals surface area contributed by atoms with Crippen LogP contribution in [0.15, 0.2) is 96.2 Å². The summed E-state index contributed by atoms with van der Waals surface area (Å²) in [6.07, 6.45) is -0.888. The van der Waals surface area contributed by atoms with E-state index in [4.69, 9.17) is 9.90 Å². The molecule has 5 N–H and O–H groups in total. The minimum absolute atomic E-state index is 0.0387. The SMILES string of the molecule is O=C(NCC(NS(=O)(=O)c1cccc2ccccc12)C(=O)O)c1ccc2c(cnn2CCCNc2ccccn2)c1.O=C(O)C(F)(F)F. The first-order valence-electron chi connectivity index (χ1n) is 14.2. The molecule has 1 amide bonds. The van der Waals surface area contributed by atoms with Crippen LogP contribution in [0, 0.1) is 0 Å². The number of alkyl halides is 3.